The van der Waals surface area contributed by atoms with Crippen molar-refractivity contribution in [3.63, 3.8) is 0 Å². The minimum Gasteiger partial charge on any atom is -0.488 e. The molecule has 0 amide bonds. The Balaban J connectivity index is 2.23. The topological polar surface area (TPSA) is 46.6 Å². The summed E-state index contributed by atoms with van der Waals surface area (Å²) < 4.78 is 31.9. The van der Waals surface area contributed by atoms with Crippen molar-refractivity contribution >= 4 is 10.0 Å². The first-order chi connectivity index (χ1) is 12.3. The Morgan fingerprint density at radius 3 is 2.42 bits per heavy atom. The highest BCUT2D eigenvalue weighted by Gasteiger charge is 2.18. The van der Waals surface area contributed by atoms with Gasteiger partial charge in [0.15, 0.2) is 0 Å². The zero-order valence-corrected chi connectivity index (χ0v) is 16.3. The minimum atomic E-state index is -3.66. The summed E-state index contributed by atoms with van der Waals surface area (Å²) >= 11 is 0. The summed E-state index contributed by atoms with van der Waals surface area (Å²) in [6.45, 7) is 6.35. The summed E-state index contributed by atoms with van der Waals surface area (Å²) in [5, 5.41) is 0. The second-order valence-corrected chi connectivity index (χ2v) is 8.08. The molecule has 0 saturated heterocycles. The highest BCUT2D eigenvalue weighted by molar-refractivity contribution is 7.89. The van der Waals surface area contributed by atoms with Crippen LogP contribution in [0.4, 0.5) is 0 Å². The number of hydrogen-bond donors (Lipinski definition) is 0. The third-order valence-corrected chi connectivity index (χ3v) is 5.33. The van der Waals surface area contributed by atoms with Gasteiger partial charge in [-0.3, -0.25) is 0 Å². The van der Waals surface area contributed by atoms with Crippen molar-refractivity contribution < 1.29 is 13.2 Å². The third-order valence-electron chi connectivity index (χ3n) is 3.64. The van der Waals surface area contributed by atoms with E-state index in [1.165, 1.54) is 7.05 Å². The molecular weight excluding hydrogens is 346 g/mol. The number of allylic oxidation sites excluding steroid dienone is 1. The van der Waals surface area contributed by atoms with Gasteiger partial charge >= 0.3 is 0 Å². The van der Waals surface area contributed by atoms with Crippen LogP contribution in [-0.4, -0.2) is 26.4 Å². The molecule has 26 heavy (non-hydrogen) atoms. The van der Waals surface area contributed by atoms with E-state index in [0.29, 0.717) is 17.9 Å². The van der Waals surface area contributed by atoms with Gasteiger partial charge in [-0.25, -0.2) is 12.7 Å². The van der Waals surface area contributed by atoms with Crippen molar-refractivity contribution in [1.82, 2.24) is 4.31 Å². The van der Waals surface area contributed by atoms with Crippen LogP contribution in [0.1, 0.15) is 25.0 Å². The van der Waals surface area contributed by atoms with E-state index in [4.69, 9.17) is 4.74 Å². The lowest BCUT2D eigenvalue weighted by atomic mass is 10.2. The lowest BCUT2D eigenvalue weighted by Crippen LogP contribution is -2.22. The van der Waals surface area contributed by atoms with Gasteiger partial charge in [0.05, 0.1) is 10.5 Å². The molecule has 0 aromatic heterocycles. The normalized spacial score (nSPS) is 10.5. The van der Waals surface area contributed by atoms with Gasteiger partial charge < -0.3 is 4.74 Å². The summed E-state index contributed by atoms with van der Waals surface area (Å²) in [6, 6.07) is 16.7. The molecule has 0 saturated carbocycles. The molecule has 0 unspecified atom stereocenters. The molecule has 4 nitrogen and oxygen atoms in total. The number of aryl methyl sites for hydroxylation is 1. The first kappa shape index (κ1) is 19.6. The maximum absolute atomic E-state index is 12.6. The van der Waals surface area contributed by atoms with Crippen LogP contribution in [-0.2, 0) is 10.0 Å². The van der Waals surface area contributed by atoms with E-state index in [0.717, 1.165) is 15.4 Å². The van der Waals surface area contributed by atoms with Crippen LogP contribution in [0.2, 0.25) is 0 Å². The van der Waals surface area contributed by atoms with Crippen LogP contribution in [0.3, 0.4) is 0 Å². The number of rotatable bonds is 5. The molecule has 0 atom stereocenters. The number of ether oxygens (including phenoxy) is 1. The Bertz CT molecular complexity index is 945. The van der Waals surface area contributed by atoms with Crippen molar-refractivity contribution in [1.29, 1.82) is 0 Å². The molecule has 0 aliphatic carbocycles. The molecule has 0 aliphatic heterocycles. The highest BCUT2D eigenvalue weighted by atomic mass is 32.2. The van der Waals surface area contributed by atoms with Gasteiger partial charge in [0.2, 0.25) is 0 Å². The van der Waals surface area contributed by atoms with Crippen LogP contribution in [0.5, 0.6) is 5.75 Å². The standard InChI is InChI=1S/C21H23NO3S/c1-17(2)14-16-25-21-8-6-5-7-19(21)13-15-22(4)26(23,24)20-11-9-18(3)10-12-20/h5-12,14H,16H2,1-4H3. The molecule has 2 aromatic rings. The molecule has 5 heteroatoms. The van der Waals surface area contributed by atoms with E-state index in [9.17, 15) is 8.42 Å². The summed E-state index contributed by atoms with van der Waals surface area (Å²) in [7, 11) is -2.22. The Morgan fingerprint density at radius 2 is 1.77 bits per heavy atom. The number of para-hydroxylation sites is 1. The predicted molar refractivity (Wildman–Crippen MR) is 104 cm³/mol. The third kappa shape index (κ3) is 5.14. The maximum atomic E-state index is 12.6. The Labute approximate surface area is 156 Å². The van der Waals surface area contributed by atoms with Gasteiger partial charge in [0.25, 0.3) is 10.0 Å². The average Bonchev–Trinajstić information content (AvgIpc) is 2.60. The molecule has 0 fully saturated rings. The van der Waals surface area contributed by atoms with Crippen LogP contribution >= 0.6 is 0 Å². The van der Waals surface area contributed by atoms with Crippen molar-refractivity contribution in [2.24, 2.45) is 0 Å². The van der Waals surface area contributed by atoms with Crippen molar-refractivity contribution in [3.05, 3.63) is 71.3 Å². The first-order valence-corrected chi connectivity index (χ1v) is 9.67. The summed E-state index contributed by atoms with van der Waals surface area (Å²) in [4.78, 5) is 0.216. The lowest BCUT2D eigenvalue weighted by Gasteiger charge is -2.12. The number of nitrogens with zero attached hydrogens (tertiary/aromatic N) is 1. The van der Waals surface area contributed by atoms with E-state index in [-0.39, 0.29) is 4.90 Å². The molecule has 2 rings (SSSR count). The zero-order chi connectivity index (χ0) is 19.2. The average molecular weight is 369 g/mol. The van der Waals surface area contributed by atoms with Crippen molar-refractivity contribution in [3.8, 4) is 17.7 Å². The SMILES string of the molecule is CC(C)=CCOc1ccccc1C#CN(C)S(=O)(=O)c1ccc(C)cc1. The number of benzene rings is 2. The molecule has 0 spiro atoms. The van der Waals surface area contributed by atoms with Gasteiger partial charge in [-0.1, -0.05) is 35.4 Å². The van der Waals surface area contributed by atoms with Gasteiger partial charge in [0.1, 0.15) is 12.4 Å². The Hall–Kier alpha value is -2.71. The summed E-state index contributed by atoms with van der Waals surface area (Å²) in [5.74, 6) is 3.51. The number of sulfonamides is 1. The van der Waals surface area contributed by atoms with Crippen molar-refractivity contribution in [2.75, 3.05) is 13.7 Å². The zero-order valence-electron chi connectivity index (χ0n) is 15.5. The first-order valence-electron chi connectivity index (χ1n) is 8.23. The van der Waals surface area contributed by atoms with Crippen LogP contribution in [0.25, 0.3) is 0 Å². The minimum absolute atomic E-state index is 0.216. The predicted octanol–water partition coefficient (Wildman–Crippen LogP) is 3.97. The Kier molecular flexibility index (Phi) is 6.48. The maximum Gasteiger partial charge on any atom is 0.270 e. The van der Waals surface area contributed by atoms with E-state index < -0.39 is 10.0 Å². The molecule has 0 N–H and O–H groups in total. The van der Waals surface area contributed by atoms with Crippen LogP contribution < -0.4 is 4.74 Å². The second kappa shape index (κ2) is 8.59. The second-order valence-electron chi connectivity index (χ2n) is 6.11. The van der Waals surface area contributed by atoms with E-state index in [2.05, 4.69) is 12.0 Å². The molecular formula is C21H23NO3S. The van der Waals surface area contributed by atoms with Gasteiger partial charge in [-0.2, -0.15) is 0 Å². The number of hydrogen-bond acceptors (Lipinski definition) is 3. The molecule has 0 aliphatic rings. The largest absolute Gasteiger partial charge is 0.488 e. The smallest absolute Gasteiger partial charge is 0.270 e. The fourth-order valence-corrected chi connectivity index (χ4v) is 3.02. The quantitative estimate of drug-likeness (QED) is 0.455. The molecule has 0 heterocycles. The van der Waals surface area contributed by atoms with Crippen LogP contribution in [0.15, 0.2) is 65.1 Å². The monoisotopic (exact) mass is 369 g/mol. The summed E-state index contributed by atoms with van der Waals surface area (Å²) in [6.07, 6.45) is 1.97. The van der Waals surface area contributed by atoms with Gasteiger partial charge in [-0.15, -0.1) is 0 Å². The fraction of sp³-hybridized carbons (Fsp3) is 0.238. The molecule has 0 bridgehead atoms. The Morgan fingerprint density at radius 1 is 1.12 bits per heavy atom. The van der Waals surface area contributed by atoms with Crippen LogP contribution in [0, 0.1) is 18.9 Å². The molecule has 0 radical (unpaired) electrons. The van der Waals surface area contributed by atoms with E-state index >= 15 is 0 Å². The highest BCUT2D eigenvalue weighted by Crippen LogP contribution is 2.18. The van der Waals surface area contributed by atoms with Crippen molar-refractivity contribution in [2.45, 2.75) is 25.7 Å². The molecule has 2 aromatic carbocycles. The van der Waals surface area contributed by atoms with E-state index in [1.807, 2.05) is 45.0 Å². The fourth-order valence-electron chi connectivity index (χ4n) is 2.06. The van der Waals surface area contributed by atoms with Gasteiger partial charge in [-0.05, 0) is 57.0 Å². The molecule has 136 valence electrons. The van der Waals surface area contributed by atoms with Gasteiger partial charge in [0, 0.05) is 13.1 Å². The summed E-state index contributed by atoms with van der Waals surface area (Å²) in [5.41, 5.74) is 2.80. The lowest BCUT2D eigenvalue weighted by molar-refractivity contribution is 0.361. The van der Waals surface area contributed by atoms with E-state index in [1.54, 1.807) is 30.3 Å².